The minimum atomic E-state index is -3.88. The first-order valence-corrected chi connectivity index (χ1v) is 14.2. The van der Waals surface area contributed by atoms with Crippen molar-refractivity contribution < 1.29 is 27.1 Å². The van der Waals surface area contributed by atoms with Crippen molar-refractivity contribution >= 4 is 22.1 Å². The zero-order valence-electron chi connectivity index (χ0n) is 22.6. The van der Waals surface area contributed by atoms with E-state index >= 15 is 0 Å². The van der Waals surface area contributed by atoms with Crippen molar-refractivity contribution in [2.24, 2.45) is 5.10 Å². The fourth-order valence-electron chi connectivity index (χ4n) is 3.97. The monoisotopic (exact) mass is 575 g/mol. The molecule has 0 aromatic heterocycles. The summed E-state index contributed by atoms with van der Waals surface area (Å²) in [6.45, 7) is 2.03. The maximum Gasteiger partial charge on any atom is 0.242 e. The summed E-state index contributed by atoms with van der Waals surface area (Å²) in [4.78, 5) is 12.9. The fraction of sp³-hybridized carbons (Fsp3) is 0.161. The van der Waals surface area contributed by atoms with Crippen LogP contribution in [0.4, 0.5) is 4.39 Å². The minimum Gasteiger partial charge on any atom is -0.493 e. The molecule has 4 aromatic rings. The number of sulfonamides is 1. The van der Waals surface area contributed by atoms with E-state index < -0.39 is 22.0 Å². The van der Waals surface area contributed by atoms with Gasteiger partial charge in [0.1, 0.15) is 12.4 Å². The van der Waals surface area contributed by atoms with Crippen molar-refractivity contribution in [3.05, 3.63) is 125 Å². The van der Waals surface area contributed by atoms with Crippen LogP contribution < -0.4 is 19.6 Å². The fourth-order valence-corrected chi connectivity index (χ4v) is 5.19. The van der Waals surface area contributed by atoms with E-state index in [-0.39, 0.29) is 23.7 Å². The van der Waals surface area contributed by atoms with Crippen molar-refractivity contribution in [3.8, 4) is 11.5 Å². The number of nitrogens with one attached hydrogen (secondary N) is 2. The van der Waals surface area contributed by atoms with Crippen molar-refractivity contribution in [1.29, 1.82) is 0 Å². The van der Waals surface area contributed by atoms with Crippen LogP contribution in [0.5, 0.6) is 11.5 Å². The lowest BCUT2D eigenvalue weighted by Gasteiger charge is -2.18. The largest absolute Gasteiger partial charge is 0.493 e. The van der Waals surface area contributed by atoms with Crippen LogP contribution in [0, 0.1) is 12.7 Å². The molecular weight excluding hydrogens is 545 g/mol. The molecule has 1 amide bonds. The first-order valence-electron chi connectivity index (χ1n) is 12.7. The maximum atomic E-state index is 13.4. The molecule has 0 fully saturated rings. The molecule has 0 saturated heterocycles. The minimum absolute atomic E-state index is 0.111. The summed E-state index contributed by atoms with van der Waals surface area (Å²) in [6, 6.07) is 25.7. The topological polar surface area (TPSA) is 106 Å². The zero-order chi connectivity index (χ0) is 29.2. The van der Waals surface area contributed by atoms with Gasteiger partial charge in [-0.25, -0.2) is 23.0 Å². The van der Waals surface area contributed by atoms with Gasteiger partial charge in [0, 0.05) is 6.42 Å². The Morgan fingerprint density at radius 1 is 0.951 bits per heavy atom. The van der Waals surface area contributed by atoms with Crippen LogP contribution >= 0.6 is 0 Å². The van der Waals surface area contributed by atoms with Gasteiger partial charge in [0.15, 0.2) is 11.5 Å². The van der Waals surface area contributed by atoms with Crippen LogP contribution in [-0.2, 0) is 21.4 Å². The first-order chi connectivity index (χ1) is 19.7. The molecule has 0 unspecified atom stereocenters. The third kappa shape index (κ3) is 8.47. The molecule has 0 aliphatic rings. The van der Waals surface area contributed by atoms with Gasteiger partial charge in [0.2, 0.25) is 15.9 Å². The maximum absolute atomic E-state index is 13.4. The highest BCUT2D eigenvalue weighted by Gasteiger charge is 2.23. The smallest absolute Gasteiger partial charge is 0.242 e. The van der Waals surface area contributed by atoms with Crippen LogP contribution in [0.1, 0.15) is 34.7 Å². The molecule has 0 aliphatic heterocycles. The SMILES string of the molecule is COc1cc(/C=N\NC(=O)C[C@@H](NS(=O)(=O)c2ccc(C)cc2)c2ccccc2)ccc1OCc1cccc(F)c1. The summed E-state index contributed by atoms with van der Waals surface area (Å²) in [6.07, 6.45) is 1.26. The molecule has 0 heterocycles. The van der Waals surface area contributed by atoms with E-state index in [9.17, 15) is 17.6 Å². The second-order valence-corrected chi connectivity index (χ2v) is 10.9. The Kier molecular flexibility index (Phi) is 9.83. The van der Waals surface area contributed by atoms with Gasteiger partial charge in [0.05, 0.1) is 24.3 Å². The van der Waals surface area contributed by atoms with Crippen molar-refractivity contribution in [2.75, 3.05) is 7.11 Å². The third-order valence-electron chi connectivity index (χ3n) is 6.09. The van der Waals surface area contributed by atoms with Gasteiger partial charge >= 0.3 is 0 Å². The number of aryl methyl sites for hydroxylation is 1. The summed E-state index contributed by atoms with van der Waals surface area (Å²) in [5.74, 6) is 0.0741. The normalized spacial score (nSPS) is 12.2. The molecule has 4 rings (SSSR count). The highest BCUT2D eigenvalue weighted by molar-refractivity contribution is 7.89. The van der Waals surface area contributed by atoms with Crippen molar-refractivity contribution in [3.63, 3.8) is 0 Å². The van der Waals surface area contributed by atoms with Crippen LogP contribution in [0.15, 0.2) is 107 Å². The Labute approximate surface area is 238 Å². The van der Waals surface area contributed by atoms with Gasteiger partial charge in [-0.3, -0.25) is 4.79 Å². The number of methoxy groups -OCH3 is 1. The summed E-state index contributed by atoms with van der Waals surface area (Å²) in [5, 5.41) is 4.02. The molecule has 4 aromatic carbocycles. The predicted molar refractivity (Wildman–Crippen MR) is 155 cm³/mol. The number of rotatable bonds is 12. The number of benzene rings is 4. The van der Waals surface area contributed by atoms with E-state index in [0.717, 1.165) is 5.56 Å². The Morgan fingerprint density at radius 2 is 1.71 bits per heavy atom. The summed E-state index contributed by atoms with van der Waals surface area (Å²) in [5.41, 5.74) is 5.33. The van der Waals surface area contributed by atoms with E-state index in [0.29, 0.717) is 28.2 Å². The lowest BCUT2D eigenvalue weighted by molar-refractivity contribution is -0.121. The number of carbonyl (C=O) groups excluding carboxylic acids is 1. The molecule has 0 saturated carbocycles. The van der Waals surface area contributed by atoms with Gasteiger partial charge in [-0.2, -0.15) is 5.10 Å². The van der Waals surface area contributed by atoms with E-state index in [1.807, 2.05) is 13.0 Å². The molecule has 0 aliphatic carbocycles. The average Bonchev–Trinajstić information content (AvgIpc) is 2.96. The molecule has 0 bridgehead atoms. The number of hydrazone groups is 1. The van der Waals surface area contributed by atoms with E-state index in [4.69, 9.17) is 9.47 Å². The number of nitrogens with zero attached hydrogens (tertiary/aromatic N) is 1. The van der Waals surface area contributed by atoms with Gasteiger partial charge in [-0.1, -0.05) is 60.2 Å². The number of hydrogen-bond donors (Lipinski definition) is 2. The molecule has 41 heavy (non-hydrogen) atoms. The Balaban J connectivity index is 1.40. The van der Waals surface area contributed by atoms with E-state index in [1.165, 1.54) is 37.6 Å². The Morgan fingerprint density at radius 3 is 2.41 bits per heavy atom. The molecule has 0 radical (unpaired) electrons. The molecule has 212 valence electrons. The predicted octanol–water partition coefficient (Wildman–Crippen LogP) is 5.28. The standard InChI is InChI=1S/C31H30FN3O5S/c1-22-11-14-27(15-12-22)41(37,38)35-28(25-8-4-3-5-9-25)19-31(36)34-33-20-23-13-16-29(30(18-23)39-2)40-21-24-7-6-10-26(32)17-24/h3-18,20,28,35H,19,21H2,1-2H3,(H,34,36)/b33-20-/t28-/m1/s1. The van der Waals surface area contributed by atoms with Gasteiger partial charge < -0.3 is 9.47 Å². The second-order valence-electron chi connectivity index (χ2n) is 9.22. The number of hydrogen-bond acceptors (Lipinski definition) is 6. The molecular formula is C31H30FN3O5S. The lowest BCUT2D eigenvalue weighted by Crippen LogP contribution is -2.32. The van der Waals surface area contributed by atoms with E-state index in [1.54, 1.807) is 66.7 Å². The molecule has 0 spiro atoms. The third-order valence-corrected chi connectivity index (χ3v) is 7.58. The highest BCUT2D eigenvalue weighted by Crippen LogP contribution is 2.28. The second kappa shape index (κ2) is 13.7. The number of carbonyl (C=O) groups is 1. The number of ether oxygens (including phenoxy) is 2. The first kappa shape index (κ1) is 29.4. The van der Waals surface area contributed by atoms with Crippen LogP contribution in [0.2, 0.25) is 0 Å². The van der Waals surface area contributed by atoms with Gasteiger partial charge in [-0.05, 0) is 66.1 Å². The van der Waals surface area contributed by atoms with Crippen LogP contribution in [0.3, 0.4) is 0 Å². The lowest BCUT2D eigenvalue weighted by atomic mass is 10.0. The zero-order valence-corrected chi connectivity index (χ0v) is 23.4. The molecule has 2 N–H and O–H groups in total. The molecule has 10 heteroatoms. The van der Waals surface area contributed by atoms with Gasteiger partial charge in [-0.15, -0.1) is 0 Å². The summed E-state index contributed by atoms with van der Waals surface area (Å²) in [7, 11) is -2.39. The van der Waals surface area contributed by atoms with Gasteiger partial charge in [0.25, 0.3) is 0 Å². The van der Waals surface area contributed by atoms with Crippen molar-refractivity contribution in [1.82, 2.24) is 10.1 Å². The quantitative estimate of drug-likeness (QED) is 0.177. The number of halogens is 1. The van der Waals surface area contributed by atoms with Crippen molar-refractivity contribution in [2.45, 2.75) is 30.9 Å². The average molecular weight is 576 g/mol. The summed E-state index contributed by atoms with van der Waals surface area (Å²) >= 11 is 0. The van der Waals surface area contributed by atoms with Crippen LogP contribution in [0.25, 0.3) is 0 Å². The molecule has 1 atom stereocenters. The van der Waals surface area contributed by atoms with E-state index in [2.05, 4.69) is 15.2 Å². The summed E-state index contributed by atoms with van der Waals surface area (Å²) < 4.78 is 53.3. The Bertz CT molecular complexity index is 1610. The Hall–Kier alpha value is -4.54. The van der Waals surface area contributed by atoms with Crippen LogP contribution in [-0.4, -0.2) is 27.6 Å². The number of amides is 1. The molecule has 8 nitrogen and oxygen atoms in total. The highest BCUT2D eigenvalue weighted by atomic mass is 32.2.